The Hall–Kier alpha value is -1.54. The number of rotatable bonds is 3. The Morgan fingerprint density at radius 3 is 2.93 bits per heavy atom. The predicted molar refractivity (Wildman–Crippen MR) is 59.5 cm³/mol. The van der Waals surface area contributed by atoms with Gasteiger partial charge in [0.05, 0.1) is 5.44 Å². The number of carboxylic acid groups (broad SMARTS) is 1. The number of aromatic nitrogens is 1. The van der Waals surface area contributed by atoms with Crippen molar-refractivity contribution < 1.29 is 9.90 Å². The van der Waals surface area contributed by atoms with E-state index < -0.39 is 5.97 Å². The molecule has 0 aliphatic carbocycles. The van der Waals surface area contributed by atoms with Crippen LogP contribution in [0.1, 0.15) is 5.56 Å². The number of carboxylic acids is 1. The van der Waals surface area contributed by atoms with Gasteiger partial charge in [-0.15, -0.1) is 0 Å². The first kappa shape index (κ1) is 10.5. The fourth-order valence-electron chi connectivity index (χ4n) is 0.892. The number of hydrogen-bond acceptors (Lipinski definition) is 3. The lowest BCUT2D eigenvalue weighted by molar-refractivity contribution is -0.131. The van der Waals surface area contributed by atoms with Crippen LogP contribution in [0.2, 0.25) is 0 Å². The summed E-state index contributed by atoms with van der Waals surface area (Å²) in [5.41, 5.74) is 1.37. The van der Waals surface area contributed by atoms with Gasteiger partial charge in [0.2, 0.25) is 0 Å². The van der Waals surface area contributed by atoms with Gasteiger partial charge in [0.25, 0.3) is 0 Å². The molecule has 1 N–H and O–H groups in total. The average Bonchev–Trinajstić information content (AvgIpc) is 2.15. The number of carbonyl (C=O) groups is 1. The Kier molecular flexibility index (Phi) is 3.48. The molecule has 5 heteroatoms. The molecule has 0 aliphatic heterocycles. The molecule has 0 spiro atoms. The lowest BCUT2D eigenvalue weighted by Gasteiger charge is -1.99. The monoisotopic (exact) mass is 208 g/mol. The van der Waals surface area contributed by atoms with Crippen molar-refractivity contribution in [3.63, 3.8) is 0 Å². The van der Waals surface area contributed by atoms with Crippen LogP contribution in [0.4, 0.5) is 5.82 Å². The SMILES string of the molecule is C=Nc1nc(P)ccc1/C=C/C(=O)O. The van der Waals surface area contributed by atoms with Gasteiger partial charge in [0.15, 0.2) is 5.82 Å². The van der Waals surface area contributed by atoms with Crippen LogP contribution in [-0.4, -0.2) is 22.8 Å². The molecule has 0 aliphatic rings. The van der Waals surface area contributed by atoms with Gasteiger partial charge in [0.1, 0.15) is 0 Å². The van der Waals surface area contributed by atoms with Crippen molar-refractivity contribution in [2.24, 2.45) is 4.99 Å². The molecule has 0 aromatic carbocycles. The van der Waals surface area contributed by atoms with Crippen molar-refractivity contribution in [2.75, 3.05) is 0 Å². The van der Waals surface area contributed by atoms with Crippen LogP contribution in [0, 0.1) is 0 Å². The van der Waals surface area contributed by atoms with Crippen LogP contribution >= 0.6 is 9.24 Å². The normalized spacial score (nSPS) is 10.4. The molecule has 1 unspecified atom stereocenters. The minimum Gasteiger partial charge on any atom is -0.478 e. The summed E-state index contributed by atoms with van der Waals surface area (Å²) in [6.07, 6.45) is 2.47. The fraction of sp³-hybridized carbons (Fsp3) is 0. The quantitative estimate of drug-likeness (QED) is 0.458. The number of nitrogens with zero attached hydrogens (tertiary/aromatic N) is 2. The van der Waals surface area contributed by atoms with Gasteiger partial charge in [-0.1, -0.05) is 9.24 Å². The summed E-state index contributed by atoms with van der Waals surface area (Å²) in [5, 5.41) is 8.44. The molecule has 72 valence electrons. The first-order valence-electron chi connectivity index (χ1n) is 3.77. The molecular weight excluding hydrogens is 199 g/mol. The number of aliphatic imine (C=N–C) groups is 1. The summed E-state index contributed by atoms with van der Waals surface area (Å²) >= 11 is 0. The largest absolute Gasteiger partial charge is 0.478 e. The third-order valence-corrected chi connectivity index (χ3v) is 1.80. The van der Waals surface area contributed by atoms with E-state index in [1.165, 1.54) is 6.08 Å². The Balaban J connectivity index is 3.08. The molecule has 0 saturated heterocycles. The third kappa shape index (κ3) is 2.75. The van der Waals surface area contributed by atoms with Gasteiger partial charge < -0.3 is 5.11 Å². The van der Waals surface area contributed by atoms with Gasteiger partial charge in [-0.05, 0) is 24.9 Å². The van der Waals surface area contributed by atoms with Crippen LogP contribution in [-0.2, 0) is 4.79 Å². The summed E-state index contributed by atoms with van der Waals surface area (Å²) in [6, 6.07) is 3.49. The van der Waals surface area contributed by atoms with Gasteiger partial charge in [-0.2, -0.15) is 0 Å². The maximum absolute atomic E-state index is 10.3. The van der Waals surface area contributed by atoms with E-state index in [1.807, 2.05) is 0 Å². The van der Waals surface area contributed by atoms with Crippen LogP contribution in [0.25, 0.3) is 6.08 Å². The standard InChI is InChI=1S/C9H9N2O2P/c1-10-9-6(3-5-8(12)13)2-4-7(14)11-9/h2-5H,1,14H2,(H,12,13)/b5-3+. The summed E-state index contributed by atoms with van der Waals surface area (Å²) in [5.74, 6) is -0.579. The van der Waals surface area contributed by atoms with E-state index in [0.29, 0.717) is 11.4 Å². The summed E-state index contributed by atoms with van der Waals surface area (Å²) in [7, 11) is 2.43. The van der Waals surface area contributed by atoms with Gasteiger partial charge >= 0.3 is 5.97 Å². The lowest BCUT2D eigenvalue weighted by atomic mass is 10.2. The topological polar surface area (TPSA) is 62.5 Å². The molecule has 1 aromatic rings. The molecule has 0 saturated carbocycles. The Labute approximate surface area is 83.6 Å². The van der Waals surface area contributed by atoms with Crippen molar-refractivity contribution in [1.82, 2.24) is 4.98 Å². The zero-order valence-electron chi connectivity index (χ0n) is 7.34. The van der Waals surface area contributed by atoms with E-state index in [4.69, 9.17) is 5.11 Å². The minimum atomic E-state index is -1.00. The maximum Gasteiger partial charge on any atom is 0.328 e. The highest BCUT2D eigenvalue weighted by atomic mass is 31.0. The molecule has 0 bridgehead atoms. The van der Waals surface area contributed by atoms with E-state index >= 15 is 0 Å². The van der Waals surface area contributed by atoms with E-state index in [-0.39, 0.29) is 0 Å². The van der Waals surface area contributed by atoms with E-state index in [1.54, 1.807) is 12.1 Å². The first-order valence-corrected chi connectivity index (χ1v) is 4.35. The van der Waals surface area contributed by atoms with Crippen LogP contribution in [0.5, 0.6) is 0 Å². The van der Waals surface area contributed by atoms with Gasteiger partial charge in [-0.25, -0.2) is 14.8 Å². The molecule has 1 atom stereocenters. The van der Waals surface area contributed by atoms with E-state index in [0.717, 1.165) is 11.5 Å². The summed E-state index contributed by atoms with van der Waals surface area (Å²) < 4.78 is 0. The van der Waals surface area contributed by atoms with E-state index in [2.05, 4.69) is 25.9 Å². The second-order valence-electron chi connectivity index (χ2n) is 2.48. The molecule has 0 amide bonds. The number of pyridine rings is 1. The highest BCUT2D eigenvalue weighted by Gasteiger charge is 1.99. The molecule has 1 heterocycles. The van der Waals surface area contributed by atoms with Gasteiger partial charge in [-0.3, -0.25) is 0 Å². The Morgan fingerprint density at radius 2 is 2.36 bits per heavy atom. The fourth-order valence-corrected chi connectivity index (χ4v) is 1.11. The van der Waals surface area contributed by atoms with Crippen LogP contribution < -0.4 is 5.44 Å². The summed E-state index contributed by atoms with van der Waals surface area (Å²) in [6.45, 7) is 3.36. The number of hydrogen-bond donors (Lipinski definition) is 1. The number of aliphatic carboxylic acids is 1. The molecule has 4 nitrogen and oxygen atoms in total. The Morgan fingerprint density at radius 1 is 1.64 bits per heavy atom. The van der Waals surface area contributed by atoms with Crippen molar-refractivity contribution in [3.8, 4) is 0 Å². The van der Waals surface area contributed by atoms with E-state index in [9.17, 15) is 4.79 Å². The highest BCUT2D eigenvalue weighted by molar-refractivity contribution is 7.26. The molecular formula is C9H9N2O2P. The maximum atomic E-state index is 10.3. The minimum absolute atomic E-state index is 0.426. The van der Waals surface area contributed by atoms with Crippen molar-refractivity contribution >= 4 is 39.3 Å². The van der Waals surface area contributed by atoms with Crippen LogP contribution in [0.15, 0.2) is 23.2 Å². The molecule has 1 rings (SSSR count). The van der Waals surface area contributed by atoms with Crippen molar-refractivity contribution in [2.45, 2.75) is 0 Å². The third-order valence-electron chi connectivity index (χ3n) is 1.48. The van der Waals surface area contributed by atoms with Gasteiger partial charge in [0, 0.05) is 11.6 Å². The van der Waals surface area contributed by atoms with Crippen LogP contribution in [0.3, 0.4) is 0 Å². The molecule has 0 radical (unpaired) electrons. The second kappa shape index (κ2) is 4.63. The average molecular weight is 208 g/mol. The summed E-state index contributed by atoms with van der Waals surface area (Å²) in [4.78, 5) is 18.0. The van der Waals surface area contributed by atoms with Crippen molar-refractivity contribution in [3.05, 3.63) is 23.8 Å². The predicted octanol–water partition coefficient (Wildman–Crippen LogP) is 1.01. The highest BCUT2D eigenvalue weighted by Crippen LogP contribution is 2.15. The lowest BCUT2D eigenvalue weighted by Crippen LogP contribution is -1.97. The first-order chi connectivity index (χ1) is 6.63. The molecule has 14 heavy (non-hydrogen) atoms. The molecule has 1 aromatic heterocycles. The zero-order valence-corrected chi connectivity index (χ0v) is 8.50. The Bertz CT molecular complexity index is 402. The smallest absolute Gasteiger partial charge is 0.328 e. The zero-order chi connectivity index (χ0) is 10.6. The molecule has 0 fully saturated rings. The van der Waals surface area contributed by atoms with Crippen molar-refractivity contribution in [1.29, 1.82) is 0 Å². The second-order valence-corrected chi connectivity index (χ2v) is 3.07.